The minimum absolute atomic E-state index is 0. The van der Waals surface area contributed by atoms with Crippen LogP contribution in [0.25, 0.3) is 0 Å². The zero-order chi connectivity index (χ0) is 10.8. The second-order valence-electron chi connectivity index (χ2n) is 2.62. The van der Waals surface area contributed by atoms with Crippen LogP contribution in [0.3, 0.4) is 0 Å². The molecule has 0 unspecified atom stereocenters. The second kappa shape index (κ2) is 8.60. The molecule has 1 radical (unpaired) electrons. The minimum atomic E-state index is 0. The molecule has 0 saturated heterocycles. The smallest absolute Gasteiger partial charge is 0.429 e. The molecule has 0 aliphatic rings. The lowest BCUT2D eigenvalue weighted by Gasteiger charge is -2.20. The van der Waals surface area contributed by atoms with E-state index in [1.807, 2.05) is 6.07 Å². The molecule has 0 saturated carbocycles. The van der Waals surface area contributed by atoms with Gasteiger partial charge in [0.2, 0.25) is 0 Å². The lowest BCUT2D eigenvalue weighted by Crippen LogP contribution is -2.21. The number of hydrogen-bond acceptors (Lipinski definition) is 3. The maximum absolute atomic E-state index is 7.00. The Morgan fingerprint density at radius 3 is 1.86 bits per heavy atom. The van der Waals surface area contributed by atoms with Crippen molar-refractivity contribution in [3.8, 4) is 0 Å². The molecular formula is C10H17BNO2. The molecule has 0 heterocycles. The number of para-hydroxylation sites is 1. The first-order chi connectivity index (χ1) is 6.79. The van der Waals surface area contributed by atoms with E-state index in [0.717, 1.165) is 13.1 Å². The van der Waals surface area contributed by atoms with Gasteiger partial charge in [-0.1, -0.05) is 18.2 Å². The fourth-order valence-electron chi connectivity index (χ4n) is 1.23. The maximum Gasteiger partial charge on any atom is 0.482 e. The zero-order valence-corrected chi connectivity index (χ0v) is 8.72. The highest BCUT2D eigenvalue weighted by Gasteiger charge is 1.97. The third kappa shape index (κ3) is 4.89. The van der Waals surface area contributed by atoms with Gasteiger partial charge in [-0.3, -0.25) is 0 Å². The molecule has 0 amide bonds. The van der Waals surface area contributed by atoms with Gasteiger partial charge < -0.3 is 14.9 Å². The first kappa shape index (κ1) is 13.0. The molecule has 1 aromatic rings. The highest BCUT2D eigenvalue weighted by atomic mass is 16.4. The Morgan fingerprint density at radius 1 is 1.07 bits per heavy atom. The molecular weight excluding hydrogens is 177 g/mol. The summed E-state index contributed by atoms with van der Waals surface area (Å²) in [5.41, 5.74) is 1.32. The van der Waals surface area contributed by atoms with Gasteiger partial charge in [0, 0.05) is 18.8 Å². The number of benzene rings is 1. The Labute approximate surface area is 86.3 Å². The van der Waals surface area contributed by atoms with Crippen molar-refractivity contribution in [2.75, 3.05) is 18.0 Å². The van der Waals surface area contributed by atoms with Crippen molar-refractivity contribution in [2.45, 2.75) is 13.8 Å². The average molecular weight is 194 g/mol. The number of anilines is 1. The Kier molecular flexibility index (Phi) is 7.99. The monoisotopic (exact) mass is 194 g/mol. The second-order valence-corrected chi connectivity index (χ2v) is 2.62. The van der Waals surface area contributed by atoms with Crippen LogP contribution < -0.4 is 4.90 Å². The highest BCUT2D eigenvalue weighted by molar-refractivity contribution is 6.13. The van der Waals surface area contributed by atoms with Crippen LogP contribution in [0.5, 0.6) is 0 Å². The van der Waals surface area contributed by atoms with E-state index in [2.05, 4.69) is 43.0 Å². The van der Waals surface area contributed by atoms with E-state index in [9.17, 15) is 0 Å². The van der Waals surface area contributed by atoms with Gasteiger partial charge in [0.05, 0.1) is 0 Å². The fourth-order valence-corrected chi connectivity index (χ4v) is 1.23. The predicted molar refractivity (Wildman–Crippen MR) is 60.2 cm³/mol. The largest absolute Gasteiger partial charge is 0.482 e. The average Bonchev–Trinajstić information content (AvgIpc) is 2.22. The highest BCUT2D eigenvalue weighted by Crippen LogP contribution is 2.11. The van der Waals surface area contributed by atoms with Crippen molar-refractivity contribution in [3.63, 3.8) is 0 Å². The lowest BCUT2D eigenvalue weighted by molar-refractivity contribution is 0.448. The Bertz CT molecular complexity index is 215. The van der Waals surface area contributed by atoms with Gasteiger partial charge in [-0.2, -0.15) is 0 Å². The molecule has 0 fully saturated rings. The number of hydrogen-bond donors (Lipinski definition) is 2. The molecule has 0 atom stereocenters. The summed E-state index contributed by atoms with van der Waals surface area (Å²) in [7, 11) is 0. The van der Waals surface area contributed by atoms with Crippen molar-refractivity contribution in [1.29, 1.82) is 0 Å². The SMILES string of the molecule is CCN(CC)c1ccccc1.O[B]O. The van der Waals surface area contributed by atoms with Crippen LogP contribution in [0.2, 0.25) is 0 Å². The van der Waals surface area contributed by atoms with Gasteiger partial charge in [-0.25, -0.2) is 0 Å². The normalized spacial score (nSPS) is 8.57. The van der Waals surface area contributed by atoms with Gasteiger partial charge in [-0.15, -0.1) is 0 Å². The summed E-state index contributed by atoms with van der Waals surface area (Å²) >= 11 is 0. The molecule has 1 aromatic carbocycles. The summed E-state index contributed by atoms with van der Waals surface area (Å²) in [5.74, 6) is 0. The molecule has 0 bridgehead atoms. The zero-order valence-electron chi connectivity index (χ0n) is 8.72. The van der Waals surface area contributed by atoms with Gasteiger partial charge in [0.25, 0.3) is 0 Å². The molecule has 1 rings (SSSR count). The predicted octanol–water partition coefficient (Wildman–Crippen LogP) is 1.04. The van der Waals surface area contributed by atoms with E-state index >= 15 is 0 Å². The van der Waals surface area contributed by atoms with Crippen LogP contribution in [0.15, 0.2) is 30.3 Å². The summed E-state index contributed by atoms with van der Waals surface area (Å²) in [6.07, 6.45) is 0. The van der Waals surface area contributed by atoms with Crippen molar-refractivity contribution in [3.05, 3.63) is 30.3 Å². The van der Waals surface area contributed by atoms with Crippen molar-refractivity contribution >= 4 is 13.4 Å². The summed E-state index contributed by atoms with van der Waals surface area (Å²) in [6.45, 7) is 6.52. The lowest BCUT2D eigenvalue weighted by atomic mass is 10.3. The summed E-state index contributed by atoms with van der Waals surface area (Å²) in [5, 5.41) is 14.0. The molecule has 14 heavy (non-hydrogen) atoms. The Hall–Kier alpha value is -0.995. The van der Waals surface area contributed by atoms with Crippen molar-refractivity contribution < 1.29 is 10.0 Å². The molecule has 2 N–H and O–H groups in total. The summed E-state index contributed by atoms with van der Waals surface area (Å²) < 4.78 is 0. The number of nitrogens with zero attached hydrogens (tertiary/aromatic N) is 1. The van der Waals surface area contributed by atoms with Crippen LogP contribution >= 0.6 is 0 Å². The van der Waals surface area contributed by atoms with Gasteiger partial charge >= 0.3 is 7.69 Å². The van der Waals surface area contributed by atoms with E-state index in [4.69, 9.17) is 10.0 Å². The molecule has 0 aliphatic heterocycles. The third-order valence-corrected chi connectivity index (χ3v) is 1.88. The van der Waals surface area contributed by atoms with E-state index in [-0.39, 0.29) is 7.69 Å². The molecule has 0 aliphatic carbocycles. The van der Waals surface area contributed by atoms with Crippen LogP contribution in [-0.2, 0) is 0 Å². The fraction of sp³-hybridized carbons (Fsp3) is 0.400. The van der Waals surface area contributed by atoms with Gasteiger partial charge in [0.1, 0.15) is 0 Å². The number of rotatable bonds is 3. The van der Waals surface area contributed by atoms with Crippen LogP contribution in [0.1, 0.15) is 13.8 Å². The van der Waals surface area contributed by atoms with E-state index in [1.165, 1.54) is 5.69 Å². The van der Waals surface area contributed by atoms with Crippen LogP contribution in [0.4, 0.5) is 5.69 Å². The van der Waals surface area contributed by atoms with E-state index in [0.29, 0.717) is 0 Å². The molecule has 3 nitrogen and oxygen atoms in total. The first-order valence-corrected chi connectivity index (χ1v) is 4.70. The topological polar surface area (TPSA) is 43.7 Å². The molecule has 77 valence electrons. The Morgan fingerprint density at radius 2 is 1.50 bits per heavy atom. The summed E-state index contributed by atoms with van der Waals surface area (Å²) in [4.78, 5) is 2.33. The molecule has 0 spiro atoms. The van der Waals surface area contributed by atoms with Gasteiger partial charge in [-0.05, 0) is 26.0 Å². The molecule has 4 heteroatoms. The quantitative estimate of drug-likeness (QED) is 0.706. The Balaban J connectivity index is 0.000000500. The van der Waals surface area contributed by atoms with Crippen LogP contribution in [0, 0.1) is 0 Å². The molecule has 0 aromatic heterocycles. The first-order valence-electron chi connectivity index (χ1n) is 4.70. The van der Waals surface area contributed by atoms with Gasteiger partial charge in [0.15, 0.2) is 0 Å². The summed E-state index contributed by atoms with van der Waals surface area (Å²) in [6, 6.07) is 10.5. The third-order valence-electron chi connectivity index (χ3n) is 1.88. The standard InChI is InChI=1S/C10H15N.BH2O2/c1-3-11(4-2)10-8-6-5-7-9-10;2-1-3/h5-9H,3-4H2,1-2H3;2-3H. The van der Waals surface area contributed by atoms with E-state index in [1.54, 1.807) is 0 Å². The van der Waals surface area contributed by atoms with Crippen molar-refractivity contribution in [2.24, 2.45) is 0 Å². The van der Waals surface area contributed by atoms with Crippen molar-refractivity contribution in [1.82, 2.24) is 0 Å². The van der Waals surface area contributed by atoms with Crippen LogP contribution in [-0.4, -0.2) is 30.8 Å². The minimum Gasteiger partial charge on any atom is -0.429 e. The van der Waals surface area contributed by atoms with E-state index < -0.39 is 0 Å². The maximum atomic E-state index is 7.00.